The summed E-state index contributed by atoms with van der Waals surface area (Å²) in [5.41, 5.74) is 5.90. The minimum Gasteiger partial charge on any atom is -0.399 e. The summed E-state index contributed by atoms with van der Waals surface area (Å²) in [6.07, 6.45) is 0.498. The first-order chi connectivity index (χ1) is 7.41. The lowest BCUT2D eigenvalue weighted by atomic mass is 9.88. The molecule has 3 N–H and O–H groups in total. The smallest absolute Gasteiger partial charge is 0.150 e. The number of hydrogen-bond acceptors (Lipinski definition) is 4. The molecule has 0 spiro atoms. The van der Waals surface area contributed by atoms with Crippen LogP contribution in [0.5, 0.6) is 0 Å². The van der Waals surface area contributed by atoms with Crippen LogP contribution in [0.1, 0.15) is 18.4 Å². The first kappa shape index (κ1) is 11.4. The zero-order valence-electron chi connectivity index (χ0n) is 8.89. The fourth-order valence-corrected chi connectivity index (χ4v) is 3.49. The van der Waals surface area contributed by atoms with E-state index in [-0.39, 0.29) is 24.3 Å². The molecule has 5 heteroatoms. The van der Waals surface area contributed by atoms with Crippen LogP contribution in [0.3, 0.4) is 0 Å². The second-order valence-corrected chi connectivity index (χ2v) is 6.61. The summed E-state index contributed by atoms with van der Waals surface area (Å²) >= 11 is 0. The molecule has 88 valence electrons. The number of rotatable bonds is 1. The molecule has 1 saturated heterocycles. The molecule has 1 aliphatic rings. The van der Waals surface area contributed by atoms with Gasteiger partial charge < -0.3 is 10.8 Å². The molecule has 0 atom stereocenters. The van der Waals surface area contributed by atoms with Crippen molar-refractivity contribution in [2.24, 2.45) is 0 Å². The summed E-state index contributed by atoms with van der Waals surface area (Å²) in [6.45, 7) is 0. The van der Waals surface area contributed by atoms with Gasteiger partial charge in [0.25, 0.3) is 0 Å². The second kappa shape index (κ2) is 3.75. The van der Waals surface area contributed by atoms with Crippen molar-refractivity contribution >= 4 is 15.5 Å². The van der Waals surface area contributed by atoms with Crippen molar-refractivity contribution < 1.29 is 13.5 Å². The summed E-state index contributed by atoms with van der Waals surface area (Å²) in [5, 5.41) is 10.4. The van der Waals surface area contributed by atoms with Gasteiger partial charge in [-0.15, -0.1) is 0 Å². The quantitative estimate of drug-likeness (QED) is 0.708. The predicted octanol–water partition coefficient (Wildman–Crippen LogP) is 0.665. The van der Waals surface area contributed by atoms with E-state index in [1.54, 1.807) is 24.3 Å². The molecule has 0 aliphatic carbocycles. The van der Waals surface area contributed by atoms with E-state index >= 15 is 0 Å². The number of nitrogens with two attached hydrogens (primary N) is 1. The van der Waals surface area contributed by atoms with Gasteiger partial charge in [0.05, 0.1) is 17.1 Å². The van der Waals surface area contributed by atoms with Crippen molar-refractivity contribution in [2.45, 2.75) is 18.4 Å². The highest BCUT2D eigenvalue weighted by Gasteiger charge is 2.36. The van der Waals surface area contributed by atoms with Gasteiger partial charge in [-0.3, -0.25) is 0 Å². The van der Waals surface area contributed by atoms with Gasteiger partial charge in [-0.2, -0.15) is 0 Å². The molecule has 2 rings (SSSR count). The Bertz CT molecular complexity index is 482. The zero-order valence-corrected chi connectivity index (χ0v) is 9.70. The number of benzene rings is 1. The van der Waals surface area contributed by atoms with Crippen molar-refractivity contribution in [3.05, 3.63) is 29.8 Å². The molecule has 0 amide bonds. The highest BCUT2D eigenvalue weighted by Crippen LogP contribution is 2.34. The van der Waals surface area contributed by atoms with Crippen molar-refractivity contribution in [3.8, 4) is 0 Å². The van der Waals surface area contributed by atoms with Gasteiger partial charge in [-0.1, -0.05) is 12.1 Å². The monoisotopic (exact) mass is 241 g/mol. The number of nitrogen functional groups attached to an aromatic ring is 1. The van der Waals surface area contributed by atoms with Crippen LogP contribution in [0.2, 0.25) is 0 Å². The first-order valence-corrected chi connectivity index (χ1v) is 7.02. The van der Waals surface area contributed by atoms with E-state index in [9.17, 15) is 13.5 Å². The van der Waals surface area contributed by atoms with Crippen LogP contribution in [0.4, 0.5) is 5.69 Å². The molecule has 4 nitrogen and oxygen atoms in total. The largest absolute Gasteiger partial charge is 0.399 e. The Kier molecular flexibility index (Phi) is 2.67. The van der Waals surface area contributed by atoms with E-state index in [4.69, 9.17) is 5.73 Å². The van der Waals surface area contributed by atoms with E-state index < -0.39 is 15.4 Å². The van der Waals surface area contributed by atoms with Crippen LogP contribution in [0.15, 0.2) is 24.3 Å². The molecule has 0 saturated carbocycles. The highest BCUT2D eigenvalue weighted by molar-refractivity contribution is 7.91. The average molecular weight is 241 g/mol. The lowest BCUT2D eigenvalue weighted by Gasteiger charge is -2.32. The molecule has 0 unspecified atom stereocenters. The lowest BCUT2D eigenvalue weighted by molar-refractivity contribution is 0.0264. The third-order valence-corrected chi connectivity index (χ3v) is 4.73. The molecule has 0 bridgehead atoms. The Morgan fingerprint density at radius 3 is 2.44 bits per heavy atom. The Labute approximate surface area is 95.0 Å². The third kappa shape index (κ3) is 2.20. The second-order valence-electron chi connectivity index (χ2n) is 4.31. The maximum absolute atomic E-state index is 11.3. The maximum atomic E-state index is 11.3. The van der Waals surface area contributed by atoms with E-state index in [0.29, 0.717) is 11.3 Å². The normalized spacial score (nSPS) is 22.8. The molecule has 16 heavy (non-hydrogen) atoms. The summed E-state index contributed by atoms with van der Waals surface area (Å²) in [7, 11) is -2.96. The summed E-state index contributed by atoms with van der Waals surface area (Å²) in [5.74, 6) is 0.0800. The van der Waals surface area contributed by atoms with Gasteiger partial charge in [0.15, 0.2) is 9.84 Å². The Morgan fingerprint density at radius 1 is 1.25 bits per heavy atom. The number of sulfone groups is 1. The fourth-order valence-electron chi connectivity index (χ4n) is 1.99. The Hall–Kier alpha value is -1.07. The zero-order chi connectivity index (χ0) is 11.8. The number of hydrogen-bond donors (Lipinski definition) is 2. The van der Waals surface area contributed by atoms with Gasteiger partial charge in [0.2, 0.25) is 0 Å². The molecule has 1 aromatic carbocycles. The van der Waals surface area contributed by atoms with Crippen molar-refractivity contribution in [1.29, 1.82) is 0 Å². The molecular formula is C11H15NO3S. The summed E-state index contributed by atoms with van der Waals surface area (Å²) < 4.78 is 22.6. The van der Waals surface area contributed by atoms with Crippen molar-refractivity contribution in [2.75, 3.05) is 17.2 Å². The Balaban J connectivity index is 2.28. The molecular weight excluding hydrogens is 226 g/mol. The van der Waals surface area contributed by atoms with Crippen LogP contribution in [-0.4, -0.2) is 25.0 Å². The average Bonchev–Trinajstić information content (AvgIpc) is 2.23. The van der Waals surface area contributed by atoms with Gasteiger partial charge in [-0.05, 0) is 30.5 Å². The number of anilines is 1. The van der Waals surface area contributed by atoms with Gasteiger partial charge in [-0.25, -0.2) is 8.42 Å². The molecule has 1 heterocycles. The lowest BCUT2D eigenvalue weighted by Crippen LogP contribution is -2.36. The molecule has 0 aromatic heterocycles. The third-order valence-electron chi connectivity index (χ3n) is 3.08. The van der Waals surface area contributed by atoms with E-state index in [1.807, 2.05) is 0 Å². The van der Waals surface area contributed by atoms with E-state index in [2.05, 4.69) is 0 Å². The van der Waals surface area contributed by atoms with Crippen molar-refractivity contribution in [1.82, 2.24) is 0 Å². The molecule has 1 aromatic rings. The molecule has 1 aliphatic heterocycles. The fraction of sp³-hybridized carbons (Fsp3) is 0.455. The first-order valence-electron chi connectivity index (χ1n) is 5.20. The minimum atomic E-state index is -2.96. The number of aliphatic hydroxyl groups is 1. The van der Waals surface area contributed by atoms with E-state index in [1.165, 1.54) is 0 Å². The predicted molar refractivity (Wildman–Crippen MR) is 62.6 cm³/mol. The van der Waals surface area contributed by atoms with Gasteiger partial charge in [0.1, 0.15) is 0 Å². The summed E-state index contributed by atoms with van der Waals surface area (Å²) in [6, 6.07) is 7.00. The maximum Gasteiger partial charge on any atom is 0.150 e. The van der Waals surface area contributed by atoms with E-state index in [0.717, 1.165) is 0 Å². The van der Waals surface area contributed by atoms with Gasteiger partial charge in [0, 0.05) is 5.69 Å². The minimum absolute atomic E-state index is 0.0400. The van der Waals surface area contributed by atoms with Crippen LogP contribution in [0, 0.1) is 0 Å². The summed E-state index contributed by atoms with van der Waals surface area (Å²) in [4.78, 5) is 0. The SMILES string of the molecule is Nc1cccc(C2(O)CCS(=O)(=O)CC2)c1. The highest BCUT2D eigenvalue weighted by atomic mass is 32.2. The van der Waals surface area contributed by atoms with Gasteiger partial charge >= 0.3 is 0 Å². The molecule has 1 fully saturated rings. The Morgan fingerprint density at radius 2 is 1.88 bits per heavy atom. The van der Waals surface area contributed by atoms with Crippen LogP contribution >= 0.6 is 0 Å². The van der Waals surface area contributed by atoms with Crippen LogP contribution in [0.25, 0.3) is 0 Å². The van der Waals surface area contributed by atoms with Crippen LogP contribution < -0.4 is 5.73 Å². The standard InChI is InChI=1S/C11H15NO3S/c12-10-3-1-2-9(8-10)11(13)4-6-16(14,15)7-5-11/h1-3,8,13H,4-7,12H2. The molecule has 0 radical (unpaired) electrons. The topological polar surface area (TPSA) is 80.4 Å². The van der Waals surface area contributed by atoms with Crippen LogP contribution in [-0.2, 0) is 15.4 Å². The van der Waals surface area contributed by atoms with Crippen molar-refractivity contribution in [3.63, 3.8) is 0 Å².